The Morgan fingerprint density at radius 2 is 2.15 bits per heavy atom. The second kappa shape index (κ2) is 5.90. The molecule has 0 radical (unpaired) electrons. The van der Waals surface area contributed by atoms with Gasteiger partial charge in [-0.3, -0.25) is 0 Å². The summed E-state index contributed by atoms with van der Waals surface area (Å²) in [6, 6.07) is 10.3. The first-order chi connectivity index (χ1) is 9.70. The van der Waals surface area contributed by atoms with Crippen molar-refractivity contribution in [3.63, 3.8) is 0 Å². The molecule has 0 aromatic heterocycles. The molecule has 104 valence electrons. The van der Waals surface area contributed by atoms with Crippen LogP contribution in [0.15, 0.2) is 34.9 Å². The quantitative estimate of drug-likeness (QED) is 0.644. The standard InChI is InChI=1S/C14H14ClN3S2/c15-11-6-1-2-7-12(11)17-13-10(8-16)14(19)18(20-13)9-4-3-5-9/h1-2,6-7,9,14,17,19H,3-5H2. The second-order valence-electron chi connectivity index (χ2n) is 4.87. The third-order valence-electron chi connectivity index (χ3n) is 3.62. The van der Waals surface area contributed by atoms with Crippen molar-refractivity contribution in [2.75, 3.05) is 5.32 Å². The van der Waals surface area contributed by atoms with Gasteiger partial charge in [-0.15, -0.1) is 0 Å². The fourth-order valence-electron chi connectivity index (χ4n) is 2.25. The molecular formula is C14H14ClN3S2. The molecule has 3 rings (SSSR count). The van der Waals surface area contributed by atoms with Gasteiger partial charge in [0.05, 0.1) is 16.3 Å². The first-order valence-electron chi connectivity index (χ1n) is 6.51. The highest BCUT2D eigenvalue weighted by Gasteiger charge is 2.38. The molecule has 1 aliphatic carbocycles. The van der Waals surface area contributed by atoms with E-state index in [1.807, 2.05) is 24.3 Å². The molecule has 1 saturated carbocycles. The third kappa shape index (κ3) is 2.53. The SMILES string of the molecule is N#CC1=C(Nc2ccccc2Cl)SN(C2CCC2)C1S. The maximum atomic E-state index is 9.37. The van der Waals surface area contributed by atoms with Gasteiger partial charge in [0.25, 0.3) is 0 Å². The van der Waals surface area contributed by atoms with Gasteiger partial charge >= 0.3 is 0 Å². The number of rotatable bonds is 3. The summed E-state index contributed by atoms with van der Waals surface area (Å²) < 4.78 is 2.21. The van der Waals surface area contributed by atoms with Crippen LogP contribution in [0.4, 0.5) is 5.69 Å². The van der Waals surface area contributed by atoms with Gasteiger partial charge in [-0.1, -0.05) is 30.2 Å². The smallest absolute Gasteiger partial charge is 0.105 e. The normalized spacial score (nSPS) is 23.6. The minimum Gasteiger partial charge on any atom is -0.347 e. The minimum absolute atomic E-state index is 0.139. The number of nitrogens with one attached hydrogen (secondary N) is 1. The molecule has 1 aromatic carbocycles. The highest BCUT2D eigenvalue weighted by atomic mass is 35.5. The lowest BCUT2D eigenvalue weighted by molar-refractivity contribution is 0.243. The molecule has 20 heavy (non-hydrogen) atoms. The van der Waals surface area contributed by atoms with E-state index in [1.54, 1.807) is 11.9 Å². The molecule has 1 N–H and O–H groups in total. The Hall–Kier alpha value is -0.800. The van der Waals surface area contributed by atoms with E-state index in [1.165, 1.54) is 19.3 Å². The van der Waals surface area contributed by atoms with Crippen molar-refractivity contribution in [3.05, 3.63) is 39.9 Å². The zero-order chi connectivity index (χ0) is 14.1. The zero-order valence-electron chi connectivity index (χ0n) is 10.7. The van der Waals surface area contributed by atoms with Gasteiger partial charge in [0, 0.05) is 6.04 Å². The van der Waals surface area contributed by atoms with Crippen LogP contribution in [0.3, 0.4) is 0 Å². The Bertz CT molecular complexity index is 592. The molecule has 1 aromatic rings. The monoisotopic (exact) mass is 323 g/mol. The van der Waals surface area contributed by atoms with Crippen molar-refractivity contribution in [2.24, 2.45) is 0 Å². The van der Waals surface area contributed by atoms with Crippen LogP contribution in [-0.2, 0) is 0 Å². The third-order valence-corrected chi connectivity index (χ3v) is 5.83. The fourth-order valence-corrected chi connectivity index (χ4v) is 4.22. The molecule has 0 bridgehead atoms. The number of nitriles is 1. The number of anilines is 1. The van der Waals surface area contributed by atoms with E-state index in [9.17, 15) is 5.26 Å². The Balaban J connectivity index is 1.82. The molecule has 1 unspecified atom stereocenters. The molecule has 0 saturated heterocycles. The van der Waals surface area contributed by atoms with Gasteiger partial charge in [-0.05, 0) is 36.9 Å². The van der Waals surface area contributed by atoms with Crippen LogP contribution in [0.1, 0.15) is 19.3 Å². The average Bonchev–Trinajstić information content (AvgIpc) is 2.67. The Morgan fingerprint density at radius 3 is 2.75 bits per heavy atom. The average molecular weight is 324 g/mol. The molecular weight excluding hydrogens is 310 g/mol. The molecule has 2 aliphatic rings. The maximum absolute atomic E-state index is 9.37. The van der Waals surface area contributed by atoms with Crippen molar-refractivity contribution in [3.8, 4) is 6.07 Å². The second-order valence-corrected chi connectivity index (χ2v) is 6.78. The Labute approximate surface area is 133 Å². The summed E-state index contributed by atoms with van der Waals surface area (Å²) in [6.07, 6.45) is 3.63. The van der Waals surface area contributed by atoms with E-state index < -0.39 is 0 Å². The molecule has 1 fully saturated rings. The summed E-state index contributed by atoms with van der Waals surface area (Å²) in [6.45, 7) is 0. The molecule has 3 nitrogen and oxygen atoms in total. The largest absolute Gasteiger partial charge is 0.347 e. The predicted octanol–water partition coefficient (Wildman–Crippen LogP) is 4.26. The lowest BCUT2D eigenvalue weighted by Gasteiger charge is -2.35. The van der Waals surface area contributed by atoms with Crippen molar-refractivity contribution in [1.29, 1.82) is 5.26 Å². The molecule has 1 atom stereocenters. The summed E-state index contributed by atoms with van der Waals surface area (Å²) in [5.74, 6) is 0. The van der Waals surface area contributed by atoms with Crippen LogP contribution < -0.4 is 5.32 Å². The van der Waals surface area contributed by atoms with Crippen molar-refractivity contribution in [2.45, 2.75) is 30.7 Å². The number of hydrogen-bond donors (Lipinski definition) is 2. The van der Waals surface area contributed by atoms with Crippen LogP contribution in [0.5, 0.6) is 0 Å². The highest BCUT2D eigenvalue weighted by Crippen LogP contribution is 2.45. The zero-order valence-corrected chi connectivity index (χ0v) is 13.2. The lowest BCUT2D eigenvalue weighted by atomic mass is 9.93. The molecule has 6 heteroatoms. The lowest BCUT2D eigenvalue weighted by Crippen LogP contribution is -2.38. The van der Waals surface area contributed by atoms with E-state index in [0.29, 0.717) is 16.6 Å². The van der Waals surface area contributed by atoms with Crippen molar-refractivity contribution in [1.82, 2.24) is 4.31 Å². The van der Waals surface area contributed by atoms with Crippen LogP contribution in [-0.4, -0.2) is 15.7 Å². The topological polar surface area (TPSA) is 39.1 Å². The van der Waals surface area contributed by atoms with Crippen LogP contribution in [0.2, 0.25) is 5.02 Å². The van der Waals surface area contributed by atoms with Crippen molar-refractivity contribution >= 4 is 41.9 Å². The predicted molar refractivity (Wildman–Crippen MR) is 87.6 cm³/mol. The van der Waals surface area contributed by atoms with E-state index in [0.717, 1.165) is 10.7 Å². The molecule has 0 amide bonds. The van der Waals surface area contributed by atoms with Crippen LogP contribution in [0.25, 0.3) is 0 Å². The molecule has 0 spiro atoms. The van der Waals surface area contributed by atoms with E-state index in [4.69, 9.17) is 11.6 Å². The van der Waals surface area contributed by atoms with Gasteiger partial charge in [0.15, 0.2) is 0 Å². The Morgan fingerprint density at radius 1 is 1.40 bits per heavy atom. The molecule has 1 aliphatic heterocycles. The highest BCUT2D eigenvalue weighted by molar-refractivity contribution is 8.02. The van der Waals surface area contributed by atoms with E-state index in [2.05, 4.69) is 28.3 Å². The number of hydrogen-bond acceptors (Lipinski definition) is 5. The summed E-state index contributed by atoms with van der Waals surface area (Å²) in [7, 11) is 0. The van der Waals surface area contributed by atoms with Gasteiger partial charge in [-0.25, -0.2) is 4.31 Å². The van der Waals surface area contributed by atoms with Crippen LogP contribution in [0, 0.1) is 11.3 Å². The Kier molecular flexibility index (Phi) is 4.18. The van der Waals surface area contributed by atoms with E-state index in [-0.39, 0.29) is 5.37 Å². The number of thiol groups is 1. The first kappa shape index (κ1) is 14.2. The minimum atomic E-state index is -0.139. The summed E-state index contributed by atoms with van der Waals surface area (Å²) >= 11 is 12.3. The summed E-state index contributed by atoms with van der Waals surface area (Å²) in [5, 5.41) is 14.0. The number of para-hydroxylation sites is 1. The number of nitrogens with zero attached hydrogens (tertiary/aromatic N) is 2. The van der Waals surface area contributed by atoms with Crippen molar-refractivity contribution < 1.29 is 0 Å². The number of halogens is 1. The summed E-state index contributed by atoms with van der Waals surface area (Å²) in [4.78, 5) is 0. The van der Waals surface area contributed by atoms with E-state index >= 15 is 0 Å². The number of benzene rings is 1. The summed E-state index contributed by atoms with van der Waals surface area (Å²) in [5.41, 5.74) is 1.49. The maximum Gasteiger partial charge on any atom is 0.105 e. The van der Waals surface area contributed by atoms with Gasteiger partial charge in [-0.2, -0.15) is 17.9 Å². The van der Waals surface area contributed by atoms with Gasteiger partial charge in [0.1, 0.15) is 16.5 Å². The molecule has 1 heterocycles. The van der Waals surface area contributed by atoms with Crippen LogP contribution >= 0.6 is 36.2 Å². The fraction of sp³-hybridized carbons (Fsp3) is 0.357. The van der Waals surface area contributed by atoms with Gasteiger partial charge < -0.3 is 5.32 Å². The van der Waals surface area contributed by atoms with Gasteiger partial charge in [0.2, 0.25) is 0 Å². The first-order valence-corrected chi connectivity index (χ1v) is 8.17.